The molecule has 1 aromatic rings. The van der Waals surface area contributed by atoms with Gasteiger partial charge in [-0.05, 0) is 65.5 Å². The Kier molecular flexibility index (Phi) is 8.28. The summed E-state index contributed by atoms with van der Waals surface area (Å²) in [5, 5.41) is 0. The fourth-order valence-electron chi connectivity index (χ4n) is 3.37. The first-order chi connectivity index (χ1) is 14.7. The summed E-state index contributed by atoms with van der Waals surface area (Å²) in [4.78, 5) is 27.4. The molecule has 0 spiro atoms. The van der Waals surface area contributed by atoms with Gasteiger partial charge in [0, 0.05) is 6.54 Å². The first kappa shape index (κ1) is 26.1. The molecule has 0 aromatic heterocycles. The van der Waals surface area contributed by atoms with E-state index in [1.807, 2.05) is 27.7 Å². The number of aryl methyl sites for hydroxylation is 1. The van der Waals surface area contributed by atoms with Crippen molar-refractivity contribution in [3.05, 3.63) is 41.5 Å². The second-order valence-corrected chi connectivity index (χ2v) is 11.7. The summed E-state index contributed by atoms with van der Waals surface area (Å²) in [5.74, 6) is -0.322. The summed E-state index contributed by atoms with van der Waals surface area (Å²) in [5.41, 5.74) is 1.02. The van der Waals surface area contributed by atoms with E-state index in [0.717, 1.165) is 16.0 Å². The monoisotopic (exact) mass is 464 g/mol. The molecule has 0 saturated carbocycles. The van der Waals surface area contributed by atoms with Crippen molar-refractivity contribution in [1.82, 2.24) is 9.21 Å². The van der Waals surface area contributed by atoms with Gasteiger partial charge in [0.05, 0.1) is 11.4 Å². The minimum Gasteiger partial charge on any atom is -0.443 e. The largest absolute Gasteiger partial charge is 0.443 e. The van der Waals surface area contributed by atoms with E-state index in [4.69, 9.17) is 4.74 Å². The highest BCUT2D eigenvalue weighted by molar-refractivity contribution is 7.89. The third-order valence-corrected chi connectivity index (χ3v) is 7.13. The molecule has 1 aromatic carbocycles. The third kappa shape index (κ3) is 6.65. The van der Waals surface area contributed by atoms with Gasteiger partial charge in [-0.3, -0.25) is 4.79 Å². The van der Waals surface area contributed by atoms with Crippen LogP contribution in [0, 0.1) is 12.8 Å². The Hall–Kier alpha value is -2.19. The van der Waals surface area contributed by atoms with Crippen LogP contribution in [0.15, 0.2) is 40.8 Å². The van der Waals surface area contributed by atoms with Gasteiger partial charge in [0.25, 0.3) is 5.91 Å². The van der Waals surface area contributed by atoms with Crippen LogP contribution in [0.1, 0.15) is 59.9 Å². The van der Waals surface area contributed by atoms with E-state index in [1.54, 1.807) is 51.1 Å². The summed E-state index contributed by atoms with van der Waals surface area (Å²) < 4.78 is 34.0. The molecule has 0 saturated heterocycles. The van der Waals surface area contributed by atoms with Crippen LogP contribution >= 0.6 is 0 Å². The molecule has 1 aliphatic rings. The molecule has 0 aliphatic carbocycles. The van der Waals surface area contributed by atoms with Crippen LogP contribution in [0.25, 0.3) is 0 Å². The van der Waals surface area contributed by atoms with Crippen LogP contribution < -0.4 is 0 Å². The molecular formula is C24H36N2O5S. The van der Waals surface area contributed by atoms with Gasteiger partial charge in [-0.25, -0.2) is 18.1 Å². The molecule has 1 heterocycles. The molecule has 32 heavy (non-hydrogen) atoms. The first-order valence-corrected chi connectivity index (χ1v) is 12.4. The van der Waals surface area contributed by atoms with Crippen molar-refractivity contribution in [2.45, 2.75) is 77.8 Å². The van der Waals surface area contributed by atoms with Crippen molar-refractivity contribution in [3.8, 4) is 0 Å². The van der Waals surface area contributed by atoms with Crippen molar-refractivity contribution >= 4 is 22.0 Å². The van der Waals surface area contributed by atoms with Gasteiger partial charge < -0.3 is 4.74 Å². The molecule has 0 fully saturated rings. The Bertz CT molecular complexity index is 959. The van der Waals surface area contributed by atoms with Crippen molar-refractivity contribution in [3.63, 3.8) is 0 Å². The van der Waals surface area contributed by atoms with Crippen molar-refractivity contribution in [2.24, 2.45) is 5.92 Å². The highest BCUT2D eigenvalue weighted by Gasteiger charge is 2.41. The van der Waals surface area contributed by atoms with Gasteiger partial charge >= 0.3 is 6.09 Å². The smallest absolute Gasteiger partial charge is 0.417 e. The minimum atomic E-state index is -3.96. The molecule has 2 rings (SSSR count). The van der Waals surface area contributed by atoms with Gasteiger partial charge in [0.1, 0.15) is 11.6 Å². The van der Waals surface area contributed by atoms with Gasteiger partial charge in [-0.1, -0.05) is 43.2 Å². The summed E-state index contributed by atoms with van der Waals surface area (Å²) in [6, 6.07) is 5.57. The highest BCUT2D eigenvalue weighted by atomic mass is 32.2. The minimum absolute atomic E-state index is 0.0542. The summed E-state index contributed by atoms with van der Waals surface area (Å²) in [6.07, 6.45) is 1.82. The average Bonchev–Trinajstić information content (AvgIpc) is 2.79. The van der Waals surface area contributed by atoms with E-state index in [2.05, 4.69) is 0 Å². The number of hydrogen-bond donors (Lipinski definition) is 0. The Labute approximate surface area is 192 Å². The summed E-state index contributed by atoms with van der Waals surface area (Å²) >= 11 is 0. The number of carbonyl (C=O) groups is 2. The van der Waals surface area contributed by atoms with Crippen LogP contribution in [0.5, 0.6) is 0 Å². The number of hydrogen-bond acceptors (Lipinski definition) is 5. The SMILES string of the molecule is CC1=CCN(C(=O)OC(C)(C)C)C(=O)C(N(CCC(C)C)S(=O)(=O)c2ccc(C)cc2)C1. The van der Waals surface area contributed by atoms with Gasteiger partial charge in [0.2, 0.25) is 10.0 Å². The number of benzene rings is 1. The molecule has 0 radical (unpaired) electrons. The normalized spacial score (nSPS) is 18.0. The number of amides is 2. The maximum atomic E-state index is 13.6. The maximum Gasteiger partial charge on any atom is 0.417 e. The molecule has 0 N–H and O–H groups in total. The van der Waals surface area contributed by atoms with Crippen LogP contribution in [0.4, 0.5) is 4.79 Å². The molecule has 1 atom stereocenters. The fraction of sp³-hybridized carbons (Fsp3) is 0.583. The van der Waals surface area contributed by atoms with E-state index >= 15 is 0 Å². The number of nitrogens with zero attached hydrogens (tertiary/aromatic N) is 2. The zero-order valence-corrected chi connectivity index (χ0v) is 21.0. The third-order valence-electron chi connectivity index (χ3n) is 5.20. The van der Waals surface area contributed by atoms with Gasteiger partial charge in [-0.15, -0.1) is 0 Å². The van der Waals surface area contributed by atoms with Crippen molar-refractivity contribution < 1.29 is 22.7 Å². The second-order valence-electron chi connectivity index (χ2n) is 9.81. The zero-order valence-electron chi connectivity index (χ0n) is 20.2. The van der Waals surface area contributed by atoms with Gasteiger partial charge in [0.15, 0.2) is 0 Å². The van der Waals surface area contributed by atoms with Crippen LogP contribution in [-0.2, 0) is 19.6 Å². The van der Waals surface area contributed by atoms with E-state index in [-0.39, 0.29) is 30.3 Å². The Morgan fingerprint density at radius 2 is 1.78 bits per heavy atom. The van der Waals surface area contributed by atoms with Crippen molar-refractivity contribution in [2.75, 3.05) is 13.1 Å². The average molecular weight is 465 g/mol. The predicted molar refractivity (Wildman–Crippen MR) is 125 cm³/mol. The number of imide groups is 1. The number of ether oxygens (including phenoxy) is 1. The topological polar surface area (TPSA) is 84.0 Å². The predicted octanol–water partition coefficient (Wildman–Crippen LogP) is 4.51. The zero-order chi connectivity index (χ0) is 24.3. The lowest BCUT2D eigenvalue weighted by molar-refractivity contribution is -0.133. The molecule has 178 valence electrons. The number of rotatable bonds is 6. The summed E-state index contributed by atoms with van der Waals surface area (Å²) in [7, 11) is -3.96. The van der Waals surface area contributed by atoms with Crippen LogP contribution in [0.3, 0.4) is 0 Å². The molecule has 7 nitrogen and oxygen atoms in total. The molecular weight excluding hydrogens is 428 g/mol. The van der Waals surface area contributed by atoms with E-state index in [0.29, 0.717) is 6.42 Å². The van der Waals surface area contributed by atoms with Crippen molar-refractivity contribution in [1.29, 1.82) is 0 Å². The van der Waals surface area contributed by atoms with Gasteiger partial charge in [-0.2, -0.15) is 4.31 Å². The lowest BCUT2D eigenvalue weighted by atomic mass is 10.1. The molecule has 1 aliphatic heterocycles. The van der Waals surface area contributed by atoms with E-state index < -0.39 is 33.7 Å². The molecule has 1 unspecified atom stereocenters. The lowest BCUT2D eigenvalue weighted by Gasteiger charge is -2.33. The number of sulfonamides is 1. The maximum absolute atomic E-state index is 13.6. The van der Waals surface area contributed by atoms with E-state index in [9.17, 15) is 18.0 Å². The quantitative estimate of drug-likeness (QED) is 0.578. The lowest BCUT2D eigenvalue weighted by Crippen LogP contribution is -2.53. The Morgan fingerprint density at radius 1 is 1.19 bits per heavy atom. The Balaban J connectivity index is 2.50. The van der Waals surface area contributed by atoms with E-state index in [1.165, 1.54) is 4.31 Å². The highest BCUT2D eigenvalue weighted by Crippen LogP contribution is 2.27. The van der Waals surface area contributed by atoms with Crippen LogP contribution in [0.2, 0.25) is 0 Å². The summed E-state index contributed by atoms with van der Waals surface area (Å²) in [6.45, 7) is 13.1. The number of carbonyl (C=O) groups excluding carboxylic acids is 2. The fourth-order valence-corrected chi connectivity index (χ4v) is 4.97. The standard InChI is InChI=1S/C24H36N2O5S/c1-17(2)12-15-26(32(29,30)20-10-8-18(3)9-11-20)21-16-19(4)13-14-25(22(21)27)23(28)31-24(5,6)7/h8-11,13,17,21H,12,14-16H2,1-7H3. The second kappa shape index (κ2) is 10.2. The molecule has 0 bridgehead atoms. The Morgan fingerprint density at radius 3 is 2.31 bits per heavy atom. The van der Waals surface area contributed by atoms with Crippen LogP contribution in [-0.4, -0.2) is 54.4 Å². The molecule has 2 amide bonds. The molecule has 8 heteroatoms. The first-order valence-electron chi connectivity index (χ1n) is 11.0.